The summed E-state index contributed by atoms with van der Waals surface area (Å²) in [6.07, 6.45) is -4.44. The van der Waals surface area contributed by atoms with E-state index in [1.54, 1.807) is 6.07 Å². The van der Waals surface area contributed by atoms with Crippen LogP contribution in [-0.2, 0) is 6.18 Å². The number of rotatable bonds is 2. The first kappa shape index (κ1) is 13.6. The molecular weight excluding hydrogens is 305 g/mol. The number of nitrogens with one attached hydrogen (secondary N) is 1. The first-order valence-electron chi connectivity index (χ1n) is 5.68. The molecule has 9 heteroatoms. The number of benzene rings is 1. The summed E-state index contributed by atoms with van der Waals surface area (Å²) in [5, 5.41) is 10.8. The van der Waals surface area contributed by atoms with E-state index in [9.17, 15) is 18.0 Å². The Morgan fingerprint density at radius 1 is 1.29 bits per heavy atom. The zero-order chi connectivity index (χ0) is 15.2. The zero-order valence-electron chi connectivity index (χ0n) is 10.2. The lowest BCUT2D eigenvalue weighted by atomic mass is 10.1. The minimum Gasteiger partial charge on any atom is -0.364 e. The molecule has 0 aliphatic rings. The van der Waals surface area contributed by atoms with Crippen molar-refractivity contribution in [3.8, 4) is 11.3 Å². The average molecular weight is 312 g/mol. The van der Waals surface area contributed by atoms with E-state index in [0.29, 0.717) is 10.3 Å². The minimum atomic E-state index is -4.44. The molecule has 2 aromatic heterocycles. The van der Waals surface area contributed by atoms with E-state index in [-0.39, 0.29) is 16.8 Å². The SMILES string of the molecule is NC(=O)c1n[nH]nc1-c1cccc2c(C(F)(F)F)csc12. The van der Waals surface area contributed by atoms with E-state index in [4.69, 9.17) is 5.73 Å². The summed E-state index contributed by atoms with van der Waals surface area (Å²) in [5.74, 6) is -0.802. The van der Waals surface area contributed by atoms with Crippen LogP contribution in [0.15, 0.2) is 23.6 Å². The molecular formula is C12H7F3N4OS. The van der Waals surface area contributed by atoms with Crippen LogP contribution in [0.25, 0.3) is 21.3 Å². The van der Waals surface area contributed by atoms with Gasteiger partial charge in [0, 0.05) is 21.0 Å². The van der Waals surface area contributed by atoms with Gasteiger partial charge in [0.05, 0.1) is 5.56 Å². The molecule has 5 nitrogen and oxygen atoms in total. The number of halogens is 3. The fraction of sp³-hybridized carbons (Fsp3) is 0.0833. The van der Waals surface area contributed by atoms with Gasteiger partial charge < -0.3 is 5.73 Å². The Morgan fingerprint density at radius 3 is 2.71 bits per heavy atom. The van der Waals surface area contributed by atoms with Crippen molar-refractivity contribution in [2.24, 2.45) is 5.73 Å². The second-order valence-electron chi connectivity index (χ2n) is 4.21. The smallest absolute Gasteiger partial charge is 0.364 e. The molecule has 108 valence electrons. The van der Waals surface area contributed by atoms with E-state index in [1.165, 1.54) is 12.1 Å². The molecule has 0 radical (unpaired) electrons. The lowest BCUT2D eigenvalue weighted by Gasteiger charge is -2.05. The monoisotopic (exact) mass is 312 g/mol. The van der Waals surface area contributed by atoms with Gasteiger partial charge in [0.15, 0.2) is 5.69 Å². The molecule has 0 atom stereocenters. The molecule has 1 amide bonds. The van der Waals surface area contributed by atoms with Gasteiger partial charge in [-0.25, -0.2) is 0 Å². The molecule has 3 rings (SSSR count). The molecule has 0 saturated heterocycles. The van der Waals surface area contributed by atoms with Crippen molar-refractivity contribution < 1.29 is 18.0 Å². The number of thiophene rings is 1. The maximum absolute atomic E-state index is 12.9. The number of nitrogens with two attached hydrogens (primary N) is 1. The van der Waals surface area contributed by atoms with Crippen molar-refractivity contribution in [1.82, 2.24) is 15.4 Å². The van der Waals surface area contributed by atoms with Crippen LogP contribution < -0.4 is 5.73 Å². The van der Waals surface area contributed by atoms with Gasteiger partial charge in [-0.3, -0.25) is 4.79 Å². The molecule has 3 N–H and O–H groups in total. The van der Waals surface area contributed by atoms with Gasteiger partial charge in [0.2, 0.25) is 0 Å². The summed E-state index contributed by atoms with van der Waals surface area (Å²) >= 11 is 0.932. The van der Waals surface area contributed by atoms with E-state index >= 15 is 0 Å². The number of nitrogens with zero attached hydrogens (tertiary/aromatic N) is 2. The summed E-state index contributed by atoms with van der Waals surface area (Å²) in [4.78, 5) is 11.3. The Morgan fingerprint density at radius 2 is 2.05 bits per heavy atom. The highest BCUT2D eigenvalue weighted by atomic mass is 32.1. The van der Waals surface area contributed by atoms with Crippen molar-refractivity contribution in [3.05, 3.63) is 34.8 Å². The highest BCUT2D eigenvalue weighted by molar-refractivity contribution is 7.18. The first-order chi connectivity index (χ1) is 9.89. The average Bonchev–Trinajstić information content (AvgIpc) is 3.04. The number of aromatic amines is 1. The lowest BCUT2D eigenvalue weighted by Crippen LogP contribution is -2.12. The number of H-pyrrole nitrogens is 1. The summed E-state index contributed by atoms with van der Waals surface area (Å²) in [5.41, 5.74) is 4.88. The molecule has 0 aliphatic carbocycles. The third-order valence-electron chi connectivity index (χ3n) is 2.94. The standard InChI is InChI=1S/C12H7F3N4OS/c13-12(14,15)7-4-21-10-5(7)2-1-3-6(10)8-9(11(16)20)18-19-17-8/h1-4H,(H2,16,20)(H,17,18,19). The largest absolute Gasteiger partial charge is 0.417 e. The zero-order valence-corrected chi connectivity index (χ0v) is 11.0. The van der Waals surface area contributed by atoms with Crippen LogP contribution in [0.4, 0.5) is 13.2 Å². The maximum Gasteiger partial charge on any atom is 0.417 e. The number of carbonyl (C=O) groups is 1. The summed E-state index contributed by atoms with van der Waals surface area (Å²) in [6.45, 7) is 0. The second-order valence-corrected chi connectivity index (χ2v) is 5.09. The topological polar surface area (TPSA) is 84.7 Å². The number of hydrogen-bond donors (Lipinski definition) is 2. The minimum absolute atomic E-state index is 0.0587. The molecule has 0 fully saturated rings. The highest BCUT2D eigenvalue weighted by Crippen LogP contribution is 2.41. The van der Waals surface area contributed by atoms with Crippen LogP contribution >= 0.6 is 11.3 Å². The number of carbonyl (C=O) groups excluding carboxylic acids is 1. The Bertz CT molecular complexity index is 837. The van der Waals surface area contributed by atoms with Crippen molar-refractivity contribution in [1.29, 1.82) is 0 Å². The van der Waals surface area contributed by atoms with Crippen LogP contribution in [-0.4, -0.2) is 21.3 Å². The number of hydrogen-bond acceptors (Lipinski definition) is 4. The van der Waals surface area contributed by atoms with Gasteiger partial charge in [-0.2, -0.15) is 28.6 Å². The van der Waals surface area contributed by atoms with Gasteiger partial charge >= 0.3 is 6.18 Å². The van der Waals surface area contributed by atoms with E-state index in [2.05, 4.69) is 15.4 Å². The van der Waals surface area contributed by atoms with Crippen LogP contribution in [0, 0.1) is 0 Å². The Kier molecular flexibility index (Phi) is 2.94. The Labute approximate surface area is 119 Å². The van der Waals surface area contributed by atoms with Crippen molar-refractivity contribution >= 4 is 27.3 Å². The maximum atomic E-state index is 12.9. The van der Waals surface area contributed by atoms with E-state index in [1.807, 2.05) is 0 Å². The molecule has 0 aliphatic heterocycles. The third-order valence-corrected chi connectivity index (χ3v) is 3.97. The highest BCUT2D eigenvalue weighted by Gasteiger charge is 2.34. The predicted octanol–water partition coefficient (Wildman–Crippen LogP) is 2.80. The summed E-state index contributed by atoms with van der Waals surface area (Å²) < 4.78 is 39.2. The van der Waals surface area contributed by atoms with Crippen molar-refractivity contribution in [2.45, 2.75) is 6.18 Å². The quantitative estimate of drug-likeness (QED) is 0.763. The molecule has 1 aromatic carbocycles. The number of amides is 1. The van der Waals surface area contributed by atoms with Gasteiger partial charge in [0.1, 0.15) is 5.69 Å². The van der Waals surface area contributed by atoms with E-state index in [0.717, 1.165) is 16.7 Å². The fourth-order valence-electron chi connectivity index (χ4n) is 2.05. The lowest BCUT2D eigenvalue weighted by molar-refractivity contribution is -0.136. The third kappa shape index (κ3) is 2.15. The normalized spacial score (nSPS) is 12.0. The molecule has 21 heavy (non-hydrogen) atoms. The van der Waals surface area contributed by atoms with Gasteiger partial charge in [-0.1, -0.05) is 18.2 Å². The van der Waals surface area contributed by atoms with Gasteiger partial charge in [-0.05, 0) is 0 Å². The predicted molar refractivity (Wildman–Crippen MR) is 70.7 cm³/mol. The second kappa shape index (κ2) is 4.55. The summed E-state index contributed by atoms with van der Waals surface area (Å²) in [6, 6.07) is 4.42. The number of primary amides is 1. The van der Waals surface area contributed by atoms with Gasteiger partial charge in [0.25, 0.3) is 5.91 Å². The molecule has 0 unspecified atom stereocenters. The molecule has 3 aromatic rings. The van der Waals surface area contributed by atoms with E-state index < -0.39 is 17.6 Å². The molecule has 0 bridgehead atoms. The number of fused-ring (bicyclic) bond motifs is 1. The Hall–Kier alpha value is -2.42. The van der Waals surface area contributed by atoms with Crippen LogP contribution in [0.5, 0.6) is 0 Å². The van der Waals surface area contributed by atoms with Crippen LogP contribution in [0.2, 0.25) is 0 Å². The van der Waals surface area contributed by atoms with Crippen LogP contribution in [0.1, 0.15) is 16.1 Å². The molecule has 0 spiro atoms. The van der Waals surface area contributed by atoms with Crippen molar-refractivity contribution in [3.63, 3.8) is 0 Å². The van der Waals surface area contributed by atoms with Gasteiger partial charge in [-0.15, -0.1) is 11.3 Å². The van der Waals surface area contributed by atoms with Crippen molar-refractivity contribution in [2.75, 3.05) is 0 Å². The molecule has 2 heterocycles. The Balaban J connectivity index is 2.28. The fourth-order valence-corrected chi connectivity index (χ4v) is 3.15. The molecule has 0 saturated carbocycles. The number of alkyl halides is 3. The summed E-state index contributed by atoms with van der Waals surface area (Å²) in [7, 11) is 0. The van der Waals surface area contributed by atoms with Crippen LogP contribution in [0.3, 0.4) is 0 Å². The number of aromatic nitrogens is 3. The first-order valence-corrected chi connectivity index (χ1v) is 6.56.